The van der Waals surface area contributed by atoms with Crippen molar-refractivity contribution in [2.45, 2.75) is 9.79 Å². The Balaban J connectivity index is 3.16. The van der Waals surface area contributed by atoms with Gasteiger partial charge in [-0.2, -0.15) is 0 Å². The highest BCUT2D eigenvalue weighted by atomic mass is 32.2. The molecule has 2 nitrogen and oxygen atoms in total. The maximum atomic E-state index is 9.40. The average molecular weight is 202 g/mol. The largest absolute Gasteiger partial charge is 0.507 e. The zero-order valence-electron chi connectivity index (χ0n) is 6.87. The maximum Gasteiger partial charge on any atom is 0.130 e. The van der Waals surface area contributed by atoms with Crippen LogP contribution in [0.3, 0.4) is 0 Å². The fourth-order valence-electron chi connectivity index (χ4n) is 0.865. The molecule has 0 heterocycles. The number of aromatic hydroxyl groups is 2. The molecule has 2 N–H and O–H groups in total. The molecule has 0 aliphatic carbocycles. The zero-order valence-corrected chi connectivity index (χ0v) is 8.50. The summed E-state index contributed by atoms with van der Waals surface area (Å²) in [6, 6.07) is 3.15. The van der Waals surface area contributed by atoms with Crippen molar-refractivity contribution in [3.63, 3.8) is 0 Å². The predicted octanol–water partition coefficient (Wildman–Crippen LogP) is 2.54. The van der Waals surface area contributed by atoms with Gasteiger partial charge in [0.1, 0.15) is 11.5 Å². The molecule has 0 spiro atoms. The van der Waals surface area contributed by atoms with Gasteiger partial charge in [0, 0.05) is 0 Å². The van der Waals surface area contributed by atoms with Gasteiger partial charge >= 0.3 is 0 Å². The SMILES string of the molecule is CSc1cc(O)c(SC)cc1O. The minimum absolute atomic E-state index is 0.227. The Labute approximate surface area is 80.0 Å². The second-order valence-corrected chi connectivity index (χ2v) is 3.89. The van der Waals surface area contributed by atoms with Gasteiger partial charge in [-0.25, -0.2) is 0 Å². The van der Waals surface area contributed by atoms with Crippen LogP contribution in [-0.4, -0.2) is 22.7 Å². The molecule has 0 amide bonds. The third-order valence-electron chi connectivity index (χ3n) is 1.48. The molecule has 1 rings (SSSR count). The van der Waals surface area contributed by atoms with Gasteiger partial charge in [-0.15, -0.1) is 23.5 Å². The molecule has 0 aliphatic heterocycles. The molecule has 0 fully saturated rings. The molecule has 1 aromatic rings. The normalized spacial score (nSPS) is 10.2. The smallest absolute Gasteiger partial charge is 0.130 e. The molecular weight excluding hydrogens is 192 g/mol. The van der Waals surface area contributed by atoms with Crippen LogP contribution in [0.5, 0.6) is 11.5 Å². The summed E-state index contributed by atoms with van der Waals surface area (Å²) in [6.45, 7) is 0. The Morgan fingerprint density at radius 2 is 1.25 bits per heavy atom. The fraction of sp³-hybridized carbons (Fsp3) is 0.250. The number of hydrogen-bond donors (Lipinski definition) is 2. The molecular formula is C8H10O2S2. The Kier molecular flexibility index (Phi) is 3.17. The molecule has 66 valence electrons. The van der Waals surface area contributed by atoms with Crippen molar-refractivity contribution in [3.05, 3.63) is 12.1 Å². The van der Waals surface area contributed by atoms with Gasteiger partial charge in [0.05, 0.1) is 9.79 Å². The first-order valence-corrected chi connectivity index (χ1v) is 5.78. The van der Waals surface area contributed by atoms with Gasteiger partial charge in [-0.05, 0) is 24.6 Å². The van der Waals surface area contributed by atoms with E-state index >= 15 is 0 Å². The summed E-state index contributed by atoms with van der Waals surface area (Å²) in [6.07, 6.45) is 3.71. The van der Waals surface area contributed by atoms with E-state index in [0.717, 1.165) is 0 Å². The molecule has 0 saturated carbocycles. The van der Waals surface area contributed by atoms with E-state index in [0.29, 0.717) is 9.79 Å². The summed E-state index contributed by atoms with van der Waals surface area (Å²) in [4.78, 5) is 1.40. The lowest BCUT2D eigenvalue weighted by molar-refractivity contribution is 0.439. The van der Waals surface area contributed by atoms with E-state index in [-0.39, 0.29) is 11.5 Å². The highest BCUT2D eigenvalue weighted by Crippen LogP contribution is 2.36. The molecule has 0 aromatic heterocycles. The van der Waals surface area contributed by atoms with Crippen LogP contribution >= 0.6 is 23.5 Å². The molecule has 1 aromatic carbocycles. The van der Waals surface area contributed by atoms with Crippen LogP contribution in [0.2, 0.25) is 0 Å². The molecule has 0 saturated heterocycles. The first kappa shape index (κ1) is 9.61. The fourth-order valence-corrected chi connectivity index (χ4v) is 1.86. The Morgan fingerprint density at radius 1 is 0.917 bits per heavy atom. The first-order valence-electron chi connectivity index (χ1n) is 3.33. The summed E-state index contributed by atoms with van der Waals surface area (Å²) in [5.74, 6) is 0.453. The number of benzene rings is 1. The molecule has 0 bridgehead atoms. The highest BCUT2D eigenvalue weighted by molar-refractivity contribution is 7.99. The summed E-state index contributed by atoms with van der Waals surface area (Å²) in [5.41, 5.74) is 0. The number of thioether (sulfide) groups is 2. The average Bonchev–Trinajstić information content (AvgIpc) is 2.08. The van der Waals surface area contributed by atoms with Crippen LogP contribution in [-0.2, 0) is 0 Å². The van der Waals surface area contributed by atoms with Gasteiger partial charge in [0.25, 0.3) is 0 Å². The molecule has 0 atom stereocenters. The number of phenols is 2. The number of phenolic OH excluding ortho intramolecular Hbond substituents is 2. The van der Waals surface area contributed by atoms with Crippen LogP contribution < -0.4 is 0 Å². The van der Waals surface area contributed by atoms with E-state index in [4.69, 9.17) is 0 Å². The number of rotatable bonds is 2. The standard InChI is InChI=1S/C8H10O2S2/c1-11-7-3-6(10)8(12-2)4-5(7)9/h3-4,9-10H,1-2H3. The van der Waals surface area contributed by atoms with Crippen LogP contribution in [0, 0.1) is 0 Å². The van der Waals surface area contributed by atoms with E-state index in [1.54, 1.807) is 12.1 Å². The minimum Gasteiger partial charge on any atom is -0.507 e. The van der Waals surface area contributed by atoms with Crippen molar-refractivity contribution in [2.24, 2.45) is 0 Å². The van der Waals surface area contributed by atoms with E-state index < -0.39 is 0 Å². The second kappa shape index (κ2) is 3.96. The summed E-state index contributed by atoms with van der Waals surface area (Å²) >= 11 is 2.82. The van der Waals surface area contributed by atoms with E-state index in [1.165, 1.54) is 23.5 Å². The van der Waals surface area contributed by atoms with Crippen molar-refractivity contribution in [1.29, 1.82) is 0 Å². The Morgan fingerprint density at radius 3 is 1.50 bits per heavy atom. The predicted molar refractivity (Wildman–Crippen MR) is 53.3 cm³/mol. The zero-order chi connectivity index (χ0) is 9.14. The highest BCUT2D eigenvalue weighted by Gasteiger charge is 2.06. The molecule has 0 radical (unpaired) electrons. The third kappa shape index (κ3) is 1.81. The van der Waals surface area contributed by atoms with Gasteiger partial charge in [0.15, 0.2) is 0 Å². The lowest BCUT2D eigenvalue weighted by Gasteiger charge is -2.05. The van der Waals surface area contributed by atoms with E-state index in [1.807, 2.05) is 12.5 Å². The third-order valence-corrected chi connectivity index (χ3v) is 3.01. The van der Waals surface area contributed by atoms with Crippen molar-refractivity contribution >= 4 is 23.5 Å². The quantitative estimate of drug-likeness (QED) is 0.571. The van der Waals surface area contributed by atoms with Gasteiger partial charge in [-0.3, -0.25) is 0 Å². The topological polar surface area (TPSA) is 40.5 Å². The molecule has 0 unspecified atom stereocenters. The lowest BCUT2D eigenvalue weighted by atomic mass is 10.3. The summed E-state index contributed by atoms with van der Waals surface area (Å²) in [7, 11) is 0. The molecule has 4 heteroatoms. The van der Waals surface area contributed by atoms with E-state index in [2.05, 4.69) is 0 Å². The first-order chi connectivity index (χ1) is 5.69. The summed E-state index contributed by atoms with van der Waals surface area (Å²) < 4.78 is 0. The second-order valence-electron chi connectivity index (χ2n) is 2.20. The van der Waals surface area contributed by atoms with Crippen LogP contribution in [0.25, 0.3) is 0 Å². The Hall–Kier alpha value is -0.480. The van der Waals surface area contributed by atoms with Crippen molar-refractivity contribution in [3.8, 4) is 11.5 Å². The van der Waals surface area contributed by atoms with Crippen LogP contribution in [0.1, 0.15) is 0 Å². The maximum absolute atomic E-state index is 9.40. The van der Waals surface area contributed by atoms with Crippen molar-refractivity contribution < 1.29 is 10.2 Å². The van der Waals surface area contributed by atoms with Gasteiger partial charge in [-0.1, -0.05) is 0 Å². The minimum atomic E-state index is 0.227. The number of hydrogen-bond acceptors (Lipinski definition) is 4. The van der Waals surface area contributed by atoms with Crippen LogP contribution in [0.15, 0.2) is 21.9 Å². The van der Waals surface area contributed by atoms with Gasteiger partial charge in [0.2, 0.25) is 0 Å². The Bertz CT molecular complexity index is 257. The van der Waals surface area contributed by atoms with Gasteiger partial charge < -0.3 is 10.2 Å². The van der Waals surface area contributed by atoms with Crippen LogP contribution in [0.4, 0.5) is 0 Å². The summed E-state index contributed by atoms with van der Waals surface area (Å²) in [5, 5.41) is 18.8. The van der Waals surface area contributed by atoms with Crippen molar-refractivity contribution in [2.75, 3.05) is 12.5 Å². The monoisotopic (exact) mass is 202 g/mol. The lowest BCUT2D eigenvalue weighted by Crippen LogP contribution is -1.77. The molecule has 12 heavy (non-hydrogen) atoms. The van der Waals surface area contributed by atoms with E-state index in [9.17, 15) is 10.2 Å². The molecule has 0 aliphatic rings. The van der Waals surface area contributed by atoms with Crippen molar-refractivity contribution in [1.82, 2.24) is 0 Å².